The van der Waals surface area contributed by atoms with Gasteiger partial charge in [-0.2, -0.15) is 0 Å². The molecule has 1 fully saturated rings. The minimum Gasteiger partial charge on any atom is -0.493 e. The molecule has 2 rings (SSSR count). The van der Waals surface area contributed by atoms with E-state index in [0.717, 1.165) is 12.0 Å². The summed E-state index contributed by atoms with van der Waals surface area (Å²) in [5.74, 6) is -1.13. The third-order valence-corrected chi connectivity index (χ3v) is 6.16. The van der Waals surface area contributed by atoms with Crippen LogP contribution >= 0.6 is 0 Å². The largest absolute Gasteiger partial charge is 0.493 e. The molecule has 1 aromatic rings. The highest BCUT2D eigenvalue weighted by Crippen LogP contribution is 2.39. The molecule has 174 valence electrons. The molecule has 1 aliphatic carbocycles. The highest BCUT2D eigenvalue weighted by molar-refractivity contribution is 5.98. The molecule has 1 aliphatic rings. The van der Waals surface area contributed by atoms with E-state index >= 15 is 0 Å². The third-order valence-electron chi connectivity index (χ3n) is 6.16. The number of carbonyl (C=O) groups is 2. The van der Waals surface area contributed by atoms with Crippen molar-refractivity contribution in [1.29, 1.82) is 0 Å². The number of unbranched alkanes of at least 4 members (excludes halogenated alkanes) is 6. The lowest BCUT2D eigenvalue weighted by atomic mass is 9.86. The summed E-state index contributed by atoms with van der Waals surface area (Å²) in [6, 6.07) is 5.60. The van der Waals surface area contributed by atoms with Crippen LogP contribution in [0.15, 0.2) is 18.2 Å². The van der Waals surface area contributed by atoms with Crippen LogP contribution in [-0.4, -0.2) is 41.9 Å². The van der Waals surface area contributed by atoms with Crippen molar-refractivity contribution < 1.29 is 29.3 Å². The average Bonchev–Trinajstić information content (AvgIpc) is 3.20. The number of carboxylic acid groups (broad SMARTS) is 2. The predicted octanol–water partition coefficient (Wildman–Crippen LogP) is 4.62. The molecule has 0 spiro atoms. The minimum absolute atomic E-state index is 0.0917. The Hall–Kier alpha value is -2.28. The molecule has 7 nitrogen and oxygen atoms in total. The zero-order valence-electron chi connectivity index (χ0n) is 18.8. The molecule has 0 bridgehead atoms. The number of hydrogen-bond acceptors (Lipinski definition) is 5. The molecule has 0 saturated heterocycles. The summed E-state index contributed by atoms with van der Waals surface area (Å²) in [6.07, 6.45) is 9.38. The number of methoxy groups -OCH3 is 1. The zero-order chi connectivity index (χ0) is 22.7. The van der Waals surface area contributed by atoms with E-state index in [-0.39, 0.29) is 18.9 Å². The van der Waals surface area contributed by atoms with Crippen LogP contribution in [0.4, 0.5) is 0 Å². The van der Waals surface area contributed by atoms with E-state index in [1.54, 1.807) is 7.11 Å². The Morgan fingerprint density at radius 3 is 2.35 bits per heavy atom. The number of carboxylic acids is 2. The summed E-state index contributed by atoms with van der Waals surface area (Å²) in [4.78, 5) is 22.9. The van der Waals surface area contributed by atoms with Gasteiger partial charge in [0.25, 0.3) is 0 Å². The van der Waals surface area contributed by atoms with Crippen molar-refractivity contribution in [2.75, 3.05) is 13.7 Å². The molecule has 7 heteroatoms. The van der Waals surface area contributed by atoms with Gasteiger partial charge >= 0.3 is 11.9 Å². The first-order chi connectivity index (χ1) is 14.9. The van der Waals surface area contributed by atoms with Gasteiger partial charge in [-0.3, -0.25) is 9.59 Å². The molecule has 0 aliphatic heterocycles. The van der Waals surface area contributed by atoms with Crippen LogP contribution in [0.1, 0.15) is 76.7 Å². The standard InChI is InChI=1S/C24H37NO6/c1-3-4-5-6-7-8-9-14-31-20-11-10-18(15-21(20)30-2)17-25-19-12-13-24(16-19,22(26)27)23(28)29/h10-11,15,19,25H,3-9,12-14,16-17H2,1-2H3,(H,26,27)(H,28,29). The Kier molecular flexibility index (Phi) is 10.1. The smallest absolute Gasteiger partial charge is 0.321 e. The van der Waals surface area contributed by atoms with Crippen molar-refractivity contribution in [3.63, 3.8) is 0 Å². The van der Waals surface area contributed by atoms with Crippen molar-refractivity contribution in [3.05, 3.63) is 23.8 Å². The topological polar surface area (TPSA) is 105 Å². The Balaban J connectivity index is 1.78. The molecular weight excluding hydrogens is 398 g/mol. The molecule has 0 amide bonds. The molecule has 3 N–H and O–H groups in total. The Morgan fingerprint density at radius 2 is 1.74 bits per heavy atom. The Labute approximate surface area is 185 Å². The lowest BCUT2D eigenvalue weighted by Gasteiger charge is -2.19. The Morgan fingerprint density at radius 1 is 1.06 bits per heavy atom. The average molecular weight is 436 g/mol. The lowest BCUT2D eigenvalue weighted by Crippen LogP contribution is -2.39. The number of ether oxygens (including phenoxy) is 2. The first-order valence-corrected chi connectivity index (χ1v) is 11.4. The van der Waals surface area contributed by atoms with Gasteiger partial charge in [-0.05, 0) is 43.4 Å². The first kappa shape index (κ1) is 25.0. The van der Waals surface area contributed by atoms with Crippen LogP contribution in [0.25, 0.3) is 0 Å². The molecule has 1 atom stereocenters. The van der Waals surface area contributed by atoms with Gasteiger partial charge in [0.1, 0.15) is 0 Å². The Bertz CT molecular complexity index is 706. The molecular formula is C24H37NO6. The maximum absolute atomic E-state index is 11.5. The predicted molar refractivity (Wildman–Crippen MR) is 119 cm³/mol. The van der Waals surface area contributed by atoms with E-state index < -0.39 is 17.4 Å². The third kappa shape index (κ3) is 7.13. The highest BCUT2D eigenvalue weighted by atomic mass is 16.5. The number of hydrogen-bond donors (Lipinski definition) is 3. The van der Waals surface area contributed by atoms with Gasteiger partial charge in [-0.1, -0.05) is 51.5 Å². The summed E-state index contributed by atoms with van der Waals surface area (Å²) in [5, 5.41) is 22.0. The van der Waals surface area contributed by atoms with Crippen LogP contribution < -0.4 is 14.8 Å². The van der Waals surface area contributed by atoms with E-state index in [2.05, 4.69) is 12.2 Å². The molecule has 0 heterocycles. The van der Waals surface area contributed by atoms with Crippen LogP contribution in [-0.2, 0) is 16.1 Å². The van der Waals surface area contributed by atoms with Gasteiger partial charge < -0.3 is 25.0 Å². The molecule has 0 aromatic heterocycles. The van der Waals surface area contributed by atoms with E-state index in [4.69, 9.17) is 9.47 Å². The number of rotatable bonds is 15. The van der Waals surface area contributed by atoms with Crippen LogP contribution in [0.2, 0.25) is 0 Å². The fourth-order valence-corrected chi connectivity index (χ4v) is 4.14. The maximum Gasteiger partial charge on any atom is 0.321 e. The number of benzene rings is 1. The minimum atomic E-state index is -1.68. The van der Waals surface area contributed by atoms with E-state index in [9.17, 15) is 19.8 Å². The van der Waals surface area contributed by atoms with E-state index in [1.165, 1.54) is 38.5 Å². The molecule has 0 radical (unpaired) electrons. The number of nitrogens with one attached hydrogen (secondary N) is 1. The van der Waals surface area contributed by atoms with Crippen molar-refractivity contribution in [2.45, 2.75) is 83.7 Å². The van der Waals surface area contributed by atoms with E-state index in [1.807, 2.05) is 18.2 Å². The summed E-state index contributed by atoms with van der Waals surface area (Å²) in [6.45, 7) is 3.39. The van der Waals surface area contributed by atoms with Gasteiger partial charge in [0.2, 0.25) is 0 Å². The first-order valence-electron chi connectivity index (χ1n) is 11.4. The number of aliphatic carboxylic acids is 2. The van der Waals surface area contributed by atoms with E-state index in [0.29, 0.717) is 31.1 Å². The van der Waals surface area contributed by atoms with Crippen molar-refractivity contribution >= 4 is 11.9 Å². The molecule has 1 unspecified atom stereocenters. The normalized spacial score (nSPS) is 17.4. The second-order valence-corrected chi connectivity index (χ2v) is 8.47. The maximum atomic E-state index is 11.5. The monoisotopic (exact) mass is 435 g/mol. The quantitative estimate of drug-likeness (QED) is 0.273. The van der Waals surface area contributed by atoms with Crippen LogP contribution in [0, 0.1) is 5.41 Å². The highest BCUT2D eigenvalue weighted by Gasteiger charge is 2.51. The van der Waals surface area contributed by atoms with Crippen LogP contribution in [0.5, 0.6) is 11.5 Å². The van der Waals surface area contributed by atoms with Gasteiger partial charge in [-0.25, -0.2) is 0 Å². The van der Waals surface area contributed by atoms with Gasteiger partial charge in [0.05, 0.1) is 13.7 Å². The SMILES string of the molecule is CCCCCCCCCOc1ccc(CNC2CCC(C(=O)O)(C(=O)O)C2)cc1OC. The summed E-state index contributed by atoms with van der Waals surface area (Å²) in [5.41, 5.74) is -0.702. The van der Waals surface area contributed by atoms with Crippen molar-refractivity contribution in [3.8, 4) is 11.5 Å². The van der Waals surface area contributed by atoms with Gasteiger partial charge in [0.15, 0.2) is 16.9 Å². The summed E-state index contributed by atoms with van der Waals surface area (Å²) in [7, 11) is 1.61. The van der Waals surface area contributed by atoms with Crippen molar-refractivity contribution in [1.82, 2.24) is 5.32 Å². The van der Waals surface area contributed by atoms with Crippen molar-refractivity contribution in [2.24, 2.45) is 5.41 Å². The molecule has 31 heavy (non-hydrogen) atoms. The second-order valence-electron chi connectivity index (χ2n) is 8.47. The zero-order valence-corrected chi connectivity index (χ0v) is 18.8. The fraction of sp³-hybridized carbons (Fsp3) is 0.667. The van der Waals surface area contributed by atoms with Crippen LogP contribution in [0.3, 0.4) is 0 Å². The summed E-state index contributed by atoms with van der Waals surface area (Å²) < 4.78 is 11.4. The molecule has 1 saturated carbocycles. The van der Waals surface area contributed by atoms with Gasteiger partial charge in [-0.15, -0.1) is 0 Å². The second kappa shape index (κ2) is 12.5. The van der Waals surface area contributed by atoms with Gasteiger partial charge in [0, 0.05) is 12.6 Å². The molecule has 1 aromatic carbocycles. The fourth-order valence-electron chi connectivity index (χ4n) is 4.14. The lowest BCUT2D eigenvalue weighted by molar-refractivity contribution is -0.164. The summed E-state index contributed by atoms with van der Waals surface area (Å²) >= 11 is 0.